The van der Waals surface area contributed by atoms with Gasteiger partial charge in [-0.25, -0.2) is 4.79 Å². The van der Waals surface area contributed by atoms with Crippen molar-refractivity contribution in [3.8, 4) is 0 Å². The molecule has 2 rings (SSSR count). The first-order valence-electron chi connectivity index (χ1n) is 14.6. The van der Waals surface area contributed by atoms with E-state index in [0.29, 0.717) is 24.3 Å². The highest BCUT2D eigenvalue weighted by atomic mass is 28.4. The second kappa shape index (κ2) is 11.3. The highest BCUT2D eigenvalue weighted by Gasteiger charge is 2.55. The lowest BCUT2D eigenvalue weighted by atomic mass is 9.84. The van der Waals surface area contributed by atoms with E-state index >= 15 is 0 Å². The fourth-order valence-corrected chi connectivity index (χ4v) is 7.67. The van der Waals surface area contributed by atoms with E-state index in [1.54, 1.807) is 14.0 Å². The van der Waals surface area contributed by atoms with E-state index in [-0.39, 0.29) is 27.1 Å². The van der Waals surface area contributed by atoms with Crippen LogP contribution in [0.5, 0.6) is 0 Å². The molecule has 1 aromatic heterocycles. The van der Waals surface area contributed by atoms with Gasteiger partial charge in [-0.2, -0.15) is 0 Å². The molecule has 0 bridgehead atoms. The third-order valence-electron chi connectivity index (χ3n) is 10.5. The van der Waals surface area contributed by atoms with Gasteiger partial charge in [0.15, 0.2) is 25.0 Å². The van der Waals surface area contributed by atoms with Gasteiger partial charge in [-0.15, -0.1) is 0 Å². The first-order valence-corrected chi connectivity index (χ1v) is 23.4. The molecule has 1 aromatic rings. The molecule has 0 radical (unpaired) electrons. The van der Waals surface area contributed by atoms with Crippen LogP contribution in [0, 0.1) is 12.8 Å². The summed E-state index contributed by atoms with van der Waals surface area (Å²) in [4.78, 5) is 39.6. The predicted molar refractivity (Wildman–Crippen MR) is 172 cm³/mol. The summed E-state index contributed by atoms with van der Waals surface area (Å²) in [5, 5.41) is -0.393. The summed E-state index contributed by atoms with van der Waals surface area (Å²) in [5.74, 6) is -0.214. The highest BCUT2D eigenvalue weighted by Crippen LogP contribution is 2.52. The molecule has 1 aliphatic rings. The molecule has 4 atom stereocenters. The number of H-pyrrole nitrogens is 1. The Morgan fingerprint density at radius 2 is 1.43 bits per heavy atom. The lowest BCUT2D eigenvalue weighted by Gasteiger charge is -2.44. The summed E-state index contributed by atoms with van der Waals surface area (Å²) >= 11 is 0. The van der Waals surface area contributed by atoms with Gasteiger partial charge < -0.3 is 23.0 Å². The zero-order valence-corrected chi connectivity index (χ0v) is 31.2. The van der Waals surface area contributed by atoms with Crippen molar-refractivity contribution in [2.24, 2.45) is 13.0 Å². The van der Waals surface area contributed by atoms with Crippen LogP contribution in [-0.4, -0.2) is 58.1 Å². The molecule has 11 heteroatoms. The SMILES string of the molecule is Cc1c([C@@H]2O[C@H](CO[Si](C)(C)C(C)(C)C)C(O[Si](C)(C)C(C)(C)C)[C@@H]2CC(C)(C)[Si](C)(C)O)c(=O)[nH]c(=O)n1C. The fraction of sp³-hybridized carbons (Fsp3) is 0.862. The molecular weight excluding hydrogens is 557 g/mol. The number of nitrogens with one attached hydrogen (secondary N) is 1. The van der Waals surface area contributed by atoms with Gasteiger partial charge in [0, 0.05) is 18.7 Å². The number of ether oxygens (including phenoxy) is 1. The monoisotopic (exact) mass is 614 g/mol. The van der Waals surface area contributed by atoms with E-state index in [2.05, 4.69) is 86.6 Å². The molecule has 1 aliphatic heterocycles. The average Bonchev–Trinajstić information content (AvgIpc) is 3.04. The standard InChI is InChI=1S/C29H58N2O6Si3/c1-19-22(25(32)30-26(33)31(19)10)24-20(17-29(8,9)38(11,12)34)23(37-40(15,16)28(5,6)7)21(36-24)18-35-39(13,14)27(2,3)4/h20-21,23-24,34H,17-18H2,1-16H3,(H,30,32,33)/t20-,21+,23?,24+/m0/s1. The molecular formula is C29H58N2O6Si3. The minimum Gasteiger partial charge on any atom is -0.432 e. The maximum absolute atomic E-state index is 13.4. The molecule has 0 aromatic carbocycles. The summed E-state index contributed by atoms with van der Waals surface area (Å²) in [5.41, 5.74) is 0.168. The lowest BCUT2D eigenvalue weighted by Crippen LogP contribution is -2.51. The molecule has 8 nitrogen and oxygen atoms in total. The van der Waals surface area contributed by atoms with E-state index in [0.717, 1.165) is 0 Å². The van der Waals surface area contributed by atoms with Gasteiger partial charge in [-0.1, -0.05) is 55.4 Å². The molecule has 0 amide bonds. The molecule has 1 fully saturated rings. The first-order chi connectivity index (χ1) is 17.6. The zero-order chi connectivity index (χ0) is 31.4. The van der Waals surface area contributed by atoms with Gasteiger partial charge in [0.2, 0.25) is 0 Å². The van der Waals surface area contributed by atoms with E-state index in [1.165, 1.54) is 4.57 Å². The Kier molecular flexibility index (Phi) is 10.0. The quantitative estimate of drug-likeness (QED) is 0.320. The van der Waals surface area contributed by atoms with Crippen LogP contribution in [0.1, 0.15) is 79.2 Å². The van der Waals surface area contributed by atoms with Gasteiger partial charge in [0.1, 0.15) is 6.10 Å². The van der Waals surface area contributed by atoms with Crippen LogP contribution in [-0.2, 0) is 20.6 Å². The minimum atomic E-state index is -2.62. The maximum atomic E-state index is 13.4. The second-order valence-corrected chi connectivity index (χ2v) is 30.2. The van der Waals surface area contributed by atoms with Crippen molar-refractivity contribution in [3.05, 3.63) is 32.1 Å². The topological polar surface area (TPSA) is 103 Å². The molecule has 0 spiro atoms. The number of rotatable bonds is 9. The number of hydrogen-bond acceptors (Lipinski definition) is 6. The maximum Gasteiger partial charge on any atom is 0.328 e. The smallest absolute Gasteiger partial charge is 0.328 e. The molecule has 232 valence electrons. The molecule has 2 heterocycles. The van der Waals surface area contributed by atoms with E-state index in [4.69, 9.17) is 13.6 Å². The largest absolute Gasteiger partial charge is 0.432 e. The number of aromatic amines is 1. The molecule has 0 saturated carbocycles. The predicted octanol–water partition coefficient (Wildman–Crippen LogP) is 6.22. The number of hydrogen-bond donors (Lipinski definition) is 2. The Hall–Kier alpha value is -0.829. The van der Waals surface area contributed by atoms with Crippen molar-refractivity contribution in [1.82, 2.24) is 9.55 Å². The summed E-state index contributed by atoms with van der Waals surface area (Å²) in [7, 11) is -5.34. The van der Waals surface area contributed by atoms with Gasteiger partial charge in [0.25, 0.3) is 5.56 Å². The van der Waals surface area contributed by atoms with Crippen molar-refractivity contribution in [2.45, 2.75) is 141 Å². The number of nitrogens with zero attached hydrogens (tertiary/aromatic N) is 1. The highest BCUT2D eigenvalue weighted by molar-refractivity contribution is 6.74. The lowest BCUT2D eigenvalue weighted by molar-refractivity contribution is -0.0174. The minimum absolute atomic E-state index is 0.0279. The van der Waals surface area contributed by atoms with Crippen LogP contribution in [0.25, 0.3) is 0 Å². The van der Waals surface area contributed by atoms with Crippen LogP contribution < -0.4 is 11.2 Å². The van der Waals surface area contributed by atoms with Crippen LogP contribution in [0.4, 0.5) is 0 Å². The van der Waals surface area contributed by atoms with Crippen molar-refractivity contribution < 1.29 is 18.4 Å². The fourth-order valence-electron chi connectivity index (χ4n) is 4.56. The molecule has 2 N–H and O–H groups in total. The molecule has 40 heavy (non-hydrogen) atoms. The van der Waals surface area contributed by atoms with Gasteiger partial charge in [-0.05, 0) is 67.7 Å². The normalized spacial score (nSPS) is 23.6. The average molecular weight is 615 g/mol. The Morgan fingerprint density at radius 3 is 1.88 bits per heavy atom. The van der Waals surface area contributed by atoms with E-state index in [1.807, 2.05) is 13.1 Å². The van der Waals surface area contributed by atoms with Gasteiger partial charge in [0.05, 0.1) is 24.4 Å². The molecule has 0 aliphatic carbocycles. The Bertz CT molecular complexity index is 1170. The first kappa shape index (κ1) is 35.4. The number of aromatic nitrogens is 2. The second-order valence-electron chi connectivity index (χ2n) is 16.1. The Balaban J connectivity index is 2.76. The summed E-state index contributed by atoms with van der Waals surface area (Å²) in [6.07, 6.45) is -0.713. The van der Waals surface area contributed by atoms with Crippen molar-refractivity contribution in [2.75, 3.05) is 6.61 Å². The summed E-state index contributed by atoms with van der Waals surface area (Å²) in [6, 6.07) is 0. The van der Waals surface area contributed by atoms with Crippen molar-refractivity contribution in [3.63, 3.8) is 0 Å². The third kappa shape index (κ3) is 7.20. The van der Waals surface area contributed by atoms with E-state index in [9.17, 15) is 14.4 Å². The Morgan fingerprint density at radius 1 is 0.925 bits per heavy atom. The molecule has 1 saturated heterocycles. The van der Waals surface area contributed by atoms with Gasteiger partial charge in [-0.3, -0.25) is 9.78 Å². The summed E-state index contributed by atoms with van der Waals surface area (Å²) < 4.78 is 22.2. The van der Waals surface area contributed by atoms with Crippen LogP contribution in [0.15, 0.2) is 9.59 Å². The zero-order valence-electron chi connectivity index (χ0n) is 28.2. The Labute approximate surface area is 245 Å². The third-order valence-corrected chi connectivity index (χ3v) is 23.0. The van der Waals surface area contributed by atoms with Crippen LogP contribution in [0.3, 0.4) is 0 Å². The van der Waals surface area contributed by atoms with Gasteiger partial charge >= 0.3 is 5.69 Å². The van der Waals surface area contributed by atoms with Crippen molar-refractivity contribution in [1.29, 1.82) is 0 Å². The summed E-state index contributed by atoms with van der Waals surface area (Å²) in [6.45, 7) is 32.5. The van der Waals surface area contributed by atoms with Crippen molar-refractivity contribution >= 4 is 25.0 Å². The van der Waals surface area contributed by atoms with Crippen LogP contribution in [0.2, 0.25) is 54.4 Å². The molecule has 1 unspecified atom stereocenters. The van der Waals surface area contributed by atoms with E-state index < -0.39 is 48.4 Å². The van der Waals surface area contributed by atoms with Crippen LogP contribution >= 0.6 is 0 Å².